The van der Waals surface area contributed by atoms with Gasteiger partial charge in [0.05, 0.1) is 0 Å². The minimum atomic E-state index is 0.711. The zero-order chi connectivity index (χ0) is 11.3. The van der Waals surface area contributed by atoms with Gasteiger partial charge < -0.3 is 5.73 Å². The number of nitrogens with zero attached hydrogens (tertiary/aromatic N) is 1. The highest BCUT2D eigenvalue weighted by Gasteiger charge is 2.04. The largest absolute Gasteiger partial charge is 0.329 e. The lowest BCUT2D eigenvalue weighted by molar-refractivity contribution is 0.288. The molecule has 0 atom stereocenters. The molecule has 0 amide bonds. The lowest BCUT2D eigenvalue weighted by Gasteiger charge is -2.19. The van der Waals surface area contributed by atoms with Crippen molar-refractivity contribution in [2.75, 3.05) is 19.6 Å². The first kappa shape index (κ1) is 13.2. The fourth-order valence-corrected chi connectivity index (χ4v) is 2.88. The number of nitrogens with two attached hydrogens (primary N) is 1. The summed E-state index contributed by atoms with van der Waals surface area (Å²) in [6.07, 6.45) is 0. The summed E-state index contributed by atoms with van der Waals surface area (Å²) in [6, 6.07) is 6.33. The molecule has 0 fully saturated rings. The van der Waals surface area contributed by atoms with Crippen molar-refractivity contribution in [3.63, 3.8) is 0 Å². The predicted octanol–water partition coefficient (Wildman–Crippen LogP) is 2.99. The van der Waals surface area contributed by atoms with Crippen LogP contribution in [0.25, 0.3) is 0 Å². The van der Waals surface area contributed by atoms with Gasteiger partial charge in [0, 0.05) is 28.6 Å². The molecule has 0 bridgehead atoms. The molecular formula is C11H16Br2N2. The molecule has 84 valence electrons. The van der Waals surface area contributed by atoms with Gasteiger partial charge in [-0.25, -0.2) is 0 Å². The maximum Gasteiger partial charge on any atom is 0.0234 e. The van der Waals surface area contributed by atoms with Crippen LogP contribution in [0, 0.1) is 0 Å². The molecule has 1 rings (SSSR count). The topological polar surface area (TPSA) is 29.3 Å². The minimum Gasteiger partial charge on any atom is -0.329 e. The van der Waals surface area contributed by atoms with E-state index in [0.29, 0.717) is 6.54 Å². The van der Waals surface area contributed by atoms with Gasteiger partial charge in [-0.15, -0.1) is 0 Å². The van der Waals surface area contributed by atoms with Crippen molar-refractivity contribution >= 4 is 31.9 Å². The van der Waals surface area contributed by atoms with Crippen LogP contribution in [0.2, 0.25) is 0 Å². The normalized spacial score (nSPS) is 11.0. The van der Waals surface area contributed by atoms with Gasteiger partial charge in [-0.05, 0) is 30.3 Å². The third-order valence-electron chi connectivity index (χ3n) is 2.22. The van der Waals surface area contributed by atoms with E-state index in [0.717, 1.165) is 28.6 Å². The van der Waals surface area contributed by atoms with E-state index in [9.17, 15) is 0 Å². The number of rotatable bonds is 5. The fraction of sp³-hybridized carbons (Fsp3) is 0.455. The molecule has 0 radical (unpaired) electrons. The summed E-state index contributed by atoms with van der Waals surface area (Å²) in [4.78, 5) is 2.33. The molecule has 1 aromatic carbocycles. The van der Waals surface area contributed by atoms with Gasteiger partial charge >= 0.3 is 0 Å². The Morgan fingerprint density at radius 3 is 2.27 bits per heavy atom. The SMILES string of the molecule is CCN(CCN)Cc1cc(Br)cc(Br)c1. The van der Waals surface area contributed by atoms with E-state index in [1.807, 2.05) is 6.07 Å². The average Bonchev–Trinajstić information content (AvgIpc) is 2.15. The Labute approximate surface area is 108 Å². The summed E-state index contributed by atoms with van der Waals surface area (Å²) in [5, 5.41) is 0. The summed E-state index contributed by atoms with van der Waals surface area (Å²) >= 11 is 6.98. The van der Waals surface area contributed by atoms with Crippen LogP contribution in [0.5, 0.6) is 0 Å². The molecule has 2 nitrogen and oxygen atoms in total. The monoisotopic (exact) mass is 334 g/mol. The van der Waals surface area contributed by atoms with Gasteiger partial charge in [0.15, 0.2) is 0 Å². The second-order valence-electron chi connectivity index (χ2n) is 3.44. The van der Waals surface area contributed by atoms with Gasteiger partial charge in [0.2, 0.25) is 0 Å². The molecule has 4 heteroatoms. The van der Waals surface area contributed by atoms with Gasteiger partial charge in [-0.3, -0.25) is 4.90 Å². The van der Waals surface area contributed by atoms with Gasteiger partial charge in [-0.2, -0.15) is 0 Å². The van der Waals surface area contributed by atoms with E-state index >= 15 is 0 Å². The highest BCUT2D eigenvalue weighted by Crippen LogP contribution is 2.20. The average molecular weight is 336 g/mol. The van der Waals surface area contributed by atoms with Gasteiger partial charge in [0.1, 0.15) is 0 Å². The van der Waals surface area contributed by atoms with Crippen LogP contribution in [0.4, 0.5) is 0 Å². The van der Waals surface area contributed by atoms with Crippen LogP contribution in [-0.4, -0.2) is 24.5 Å². The maximum absolute atomic E-state index is 5.56. The lowest BCUT2D eigenvalue weighted by atomic mass is 10.2. The van der Waals surface area contributed by atoms with Gasteiger partial charge in [0.25, 0.3) is 0 Å². The number of halogens is 2. The van der Waals surface area contributed by atoms with E-state index in [-0.39, 0.29) is 0 Å². The van der Waals surface area contributed by atoms with Crippen LogP contribution in [-0.2, 0) is 6.54 Å². The van der Waals surface area contributed by atoms with Gasteiger partial charge in [-0.1, -0.05) is 38.8 Å². The van der Waals surface area contributed by atoms with E-state index in [1.54, 1.807) is 0 Å². The van der Waals surface area contributed by atoms with Crippen LogP contribution in [0.15, 0.2) is 27.1 Å². The standard InChI is InChI=1S/C11H16Br2N2/c1-2-15(4-3-14)8-9-5-10(12)7-11(13)6-9/h5-7H,2-4,8,14H2,1H3. The zero-order valence-electron chi connectivity index (χ0n) is 8.84. The maximum atomic E-state index is 5.56. The third kappa shape index (κ3) is 4.64. The van der Waals surface area contributed by atoms with Crippen LogP contribution >= 0.6 is 31.9 Å². The smallest absolute Gasteiger partial charge is 0.0234 e. The second-order valence-corrected chi connectivity index (χ2v) is 5.27. The first-order valence-electron chi connectivity index (χ1n) is 5.03. The Morgan fingerprint density at radius 2 is 1.80 bits per heavy atom. The second kappa shape index (κ2) is 6.63. The molecule has 0 aliphatic heterocycles. The van der Waals surface area contributed by atoms with Crippen molar-refractivity contribution in [3.8, 4) is 0 Å². The molecular weight excluding hydrogens is 320 g/mol. The molecule has 0 spiro atoms. The lowest BCUT2D eigenvalue weighted by Crippen LogP contribution is -2.28. The van der Waals surface area contributed by atoms with Crippen LogP contribution < -0.4 is 5.73 Å². The van der Waals surface area contributed by atoms with Crippen molar-refractivity contribution in [3.05, 3.63) is 32.7 Å². The number of hydrogen-bond acceptors (Lipinski definition) is 2. The minimum absolute atomic E-state index is 0.711. The molecule has 0 unspecified atom stereocenters. The quantitative estimate of drug-likeness (QED) is 0.896. The summed E-state index contributed by atoms with van der Waals surface area (Å²) in [6.45, 7) is 5.79. The highest BCUT2D eigenvalue weighted by molar-refractivity contribution is 9.11. The molecule has 2 N–H and O–H groups in total. The van der Waals surface area contributed by atoms with E-state index < -0.39 is 0 Å². The van der Waals surface area contributed by atoms with E-state index in [1.165, 1.54) is 5.56 Å². The van der Waals surface area contributed by atoms with E-state index in [4.69, 9.17) is 5.73 Å². The van der Waals surface area contributed by atoms with Crippen molar-refractivity contribution < 1.29 is 0 Å². The summed E-state index contributed by atoms with van der Waals surface area (Å²) in [5.74, 6) is 0. The summed E-state index contributed by atoms with van der Waals surface area (Å²) in [7, 11) is 0. The zero-order valence-corrected chi connectivity index (χ0v) is 12.0. The summed E-state index contributed by atoms with van der Waals surface area (Å²) in [5.41, 5.74) is 6.86. The number of hydrogen-bond donors (Lipinski definition) is 1. The summed E-state index contributed by atoms with van der Waals surface area (Å²) < 4.78 is 2.21. The van der Waals surface area contributed by atoms with Crippen LogP contribution in [0.1, 0.15) is 12.5 Å². The molecule has 0 saturated carbocycles. The molecule has 0 aliphatic rings. The van der Waals surface area contributed by atoms with Crippen molar-refractivity contribution in [2.45, 2.75) is 13.5 Å². The molecule has 0 heterocycles. The first-order chi connectivity index (χ1) is 7.15. The van der Waals surface area contributed by atoms with Crippen molar-refractivity contribution in [1.82, 2.24) is 4.90 Å². The Bertz CT molecular complexity index is 295. The number of likely N-dealkylation sites (N-methyl/N-ethyl adjacent to an activating group) is 1. The Balaban J connectivity index is 2.69. The van der Waals surface area contributed by atoms with Crippen molar-refractivity contribution in [2.24, 2.45) is 5.73 Å². The first-order valence-corrected chi connectivity index (χ1v) is 6.61. The van der Waals surface area contributed by atoms with Crippen LogP contribution in [0.3, 0.4) is 0 Å². The Morgan fingerprint density at radius 1 is 1.20 bits per heavy atom. The molecule has 1 aromatic rings. The predicted molar refractivity (Wildman–Crippen MR) is 71.8 cm³/mol. The Kier molecular flexibility index (Phi) is 5.82. The Hall–Kier alpha value is 0.1000. The fourth-order valence-electron chi connectivity index (χ4n) is 1.49. The molecule has 0 aliphatic carbocycles. The third-order valence-corrected chi connectivity index (χ3v) is 3.14. The van der Waals surface area contributed by atoms with Crippen molar-refractivity contribution in [1.29, 1.82) is 0 Å². The highest BCUT2D eigenvalue weighted by atomic mass is 79.9. The number of benzene rings is 1. The molecule has 15 heavy (non-hydrogen) atoms. The van der Waals surface area contributed by atoms with E-state index in [2.05, 4.69) is 55.8 Å². The molecule has 0 saturated heterocycles. The molecule has 0 aromatic heterocycles.